The van der Waals surface area contributed by atoms with Gasteiger partial charge in [0.15, 0.2) is 0 Å². The van der Waals surface area contributed by atoms with Crippen molar-refractivity contribution in [2.45, 2.75) is 13.0 Å². The summed E-state index contributed by atoms with van der Waals surface area (Å²) in [7, 11) is 0. The van der Waals surface area contributed by atoms with Crippen LogP contribution in [-0.4, -0.2) is 43.6 Å². The zero-order chi connectivity index (χ0) is 16.0. The SMILES string of the molecule is CC(=O)N1CC(n2cc(-c3cnc4ccc(Cl)nc4c3)cn2)C1. The highest BCUT2D eigenvalue weighted by atomic mass is 35.5. The monoisotopic (exact) mass is 327 g/mol. The molecule has 4 rings (SSSR count). The molecule has 0 atom stereocenters. The van der Waals surface area contributed by atoms with Crippen molar-refractivity contribution in [3.05, 3.63) is 41.9 Å². The summed E-state index contributed by atoms with van der Waals surface area (Å²) in [4.78, 5) is 21.8. The Bertz CT molecular complexity index is 900. The summed E-state index contributed by atoms with van der Waals surface area (Å²) < 4.78 is 1.91. The summed E-state index contributed by atoms with van der Waals surface area (Å²) in [5, 5.41) is 4.86. The molecule has 3 aromatic heterocycles. The molecule has 6 nitrogen and oxygen atoms in total. The van der Waals surface area contributed by atoms with Crippen LogP contribution >= 0.6 is 11.6 Å². The molecule has 0 spiro atoms. The van der Waals surface area contributed by atoms with Gasteiger partial charge in [-0.05, 0) is 18.2 Å². The molecule has 0 radical (unpaired) electrons. The summed E-state index contributed by atoms with van der Waals surface area (Å²) in [6.07, 6.45) is 5.60. The van der Waals surface area contributed by atoms with Crippen LogP contribution in [0.5, 0.6) is 0 Å². The maximum Gasteiger partial charge on any atom is 0.219 e. The summed E-state index contributed by atoms with van der Waals surface area (Å²) in [5.74, 6) is 0.107. The van der Waals surface area contributed by atoms with E-state index in [4.69, 9.17) is 11.6 Å². The van der Waals surface area contributed by atoms with Crippen molar-refractivity contribution in [3.8, 4) is 11.1 Å². The third-order valence-electron chi connectivity index (χ3n) is 4.12. The lowest BCUT2D eigenvalue weighted by Gasteiger charge is -2.38. The first-order valence-corrected chi connectivity index (χ1v) is 7.70. The first-order chi connectivity index (χ1) is 11.1. The number of pyridine rings is 2. The standard InChI is InChI=1S/C16H14ClN5O/c1-10(23)21-8-13(9-21)22-7-12(6-19-22)11-4-15-14(18-5-11)2-3-16(17)20-15/h2-7,13H,8-9H2,1H3. The second-order valence-electron chi connectivity index (χ2n) is 5.68. The predicted molar refractivity (Wildman–Crippen MR) is 87.1 cm³/mol. The van der Waals surface area contributed by atoms with E-state index in [0.717, 1.165) is 22.2 Å². The number of carbonyl (C=O) groups excluding carboxylic acids is 1. The Labute approximate surface area is 137 Å². The molecule has 0 unspecified atom stereocenters. The van der Waals surface area contributed by atoms with Crippen LogP contribution < -0.4 is 0 Å². The van der Waals surface area contributed by atoms with Gasteiger partial charge < -0.3 is 4.90 Å². The van der Waals surface area contributed by atoms with Crippen LogP contribution in [0.3, 0.4) is 0 Å². The normalized spacial score (nSPS) is 15.0. The minimum absolute atomic E-state index is 0.107. The van der Waals surface area contributed by atoms with E-state index in [1.165, 1.54) is 0 Å². The van der Waals surface area contributed by atoms with Gasteiger partial charge in [0.1, 0.15) is 5.15 Å². The second kappa shape index (κ2) is 5.31. The van der Waals surface area contributed by atoms with Crippen LogP contribution in [0.2, 0.25) is 5.15 Å². The second-order valence-corrected chi connectivity index (χ2v) is 6.07. The van der Waals surface area contributed by atoms with Gasteiger partial charge in [-0.1, -0.05) is 11.6 Å². The molecule has 1 amide bonds. The third-order valence-corrected chi connectivity index (χ3v) is 4.33. The van der Waals surface area contributed by atoms with Crippen LogP contribution in [0.25, 0.3) is 22.2 Å². The van der Waals surface area contributed by atoms with Crippen molar-refractivity contribution in [2.75, 3.05) is 13.1 Å². The van der Waals surface area contributed by atoms with Gasteiger partial charge in [-0.15, -0.1) is 0 Å². The molecule has 1 saturated heterocycles. The van der Waals surface area contributed by atoms with E-state index in [-0.39, 0.29) is 11.9 Å². The van der Waals surface area contributed by atoms with Crippen LogP contribution in [0.4, 0.5) is 0 Å². The Kier molecular flexibility index (Phi) is 3.27. The van der Waals surface area contributed by atoms with Crippen molar-refractivity contribution in [2.24, 2.45) is 0 Å². The summed E-state index contributed by atoms with van der Waals surface area (Å²) in [6.45, 7) is 3.01. The molecular weight excluding hydrogens is 314 g/mol. The zero-order valence-corrected chi connectivity index (χ0v) is 13.2. The molecule has 0 N–H and O–H groups in total. The molecule has 7 heteroatoms. The van der Waals surface area contributed by atoms with Gasteiger partial charge in [0, 0.05) is 43.5 Å². The highest BCUT2D eigenvalue weighted by Crippen LogP contribution is 2.26. The molecule has 3 aromatic rings. The number of aromatic nitrogens is 4. The van der Waals surface area contributed by atoms with Gasteiger partial charge in [-0.3, -0.25) is 14.5 Å². The molecule has 0 aliphatic carbocycles. The lowest BCUT2D eigenvalue weighted by atomic mass is 10.1. The summed E-state index contributed by atoms with van der Waals surface area (Å²) >= 11 is 5.94. The summed E-state index contributed by atoms with van der Waals surface area (Å²) in [5.41, 5.74) is 3.49. The van der Waals surface area contributed by atoms with Crippen LogP contribution in [0.1, 0.15) is 13.0 Å². The molecule has 0 bridgehead atoms. The van der Waals surface area contributed by atoms with E-state index in [0.29, 0.717) is 18.2 Å². The predicted octanol–water partition coefficient (Wildman–Crippen LogP) is 2.55. The maximum atomic E-state index is 11.3. The van der Waals surface area contributed by atoms with Gasteiger partial charge in [-0.2, -0.15) is 5.10 Å². The first-order valence-electron chi connectivity index (χ1n) is 7.32. The quantitative estimate of drug-likeness (QED) is 0.679. The Morgan fingerprint density at radius 1 is 1.22 bits per heavy atom. The van der Waals surface area contributed by atoms with E-state index >= 15 is 0 Å². The van der Waals surface area contributed by atoms with Gasteiger partial charge in [-0.25, -0.2) is 4.98 Å². The van der Waals surface area contributed by atoms with E-state index < -0.39 is 0 Å². The van der Waals surface area contributed by atoms with E-state index in [1.807, 2.05) is 35.4 Å². The smallest absolute Gasteiger partial charge is 0.219 e. The molecular formula is C16H14ClN5O. The number of nitrogens with zero attached hydrogens (tertiary/aromatic N) is 5. The Morgan fingerprint density at radius 2 is 2.04 bits per heavy atom. The lowest BCUT2D eigenvalue weighted by molar-refractivity contribution is -0.134. The minimum atomic E-state index is 0.107. The topological polar surface area (TPSA) is 63.9 Å². The molecule has 116 valence electrons. The van der Waals surface area contributed by atoms with Crippen molar-refractivity contribution in [1.29, 1.82) is 0 Å². The molecule has 1 aliphatic heterocycles. The number of carbonyl (C=O) groups is 1. The van der Waals surface area contributed by atoms with E-state index in [9.17, 15) is 4.79 Å². The molecule has 1 aliphatic rings. The van der Waals surface area contributed by atoms with Gasteiger partial charge in [0.25, 0.3) is 0 Å². The number of fused-ring (bicyclic) bond motifs is 1. The summed E-state index contributed by atoms with van der Waals surface area (Å²) in [6, 6.07) is 5.78. The third kappa shape index (κ3) is 2.55. The van der Waals surface area contributed by atoms with Crippen LogP contribution in [0.15, 0.2) is 36.8 Å². The van der Waals surface area contributed by atoms with Crippen molar-refractivity contribution in [1.82, 2.24) is 24.6 Å². The average Bonchev–Trinajstić information content (AvgIpc) is 2.94. The van der Waals surface area contributed by atoms with Crippen molar-refractivity contribution >= 4 is 28.5 Å². The zero-order valence-electron chi connectivity index (χ0n) is 12.5. The fraction of sp³-hybridized carbons (Fsp3) is 0.250. The van der Waals surface area contributed by atoms with Crippen LogP contribution in [-0.2, 0) is 4.79 Å². The number of rotatable bonds is 2. The maximum absolute atomic E-state index is 11.3. The molecule has 1 fully saturated rings. The fourth-order valence-corrected chi connectivity index (χ4v) is 2.86. The van der Waals surface area contributed by atoms with Crippen molar-refractivity contribution in [3.63, 3.8) is 0 Å². The lowest BCUT2D eigenvalue weighted by Crippen LogP contribution is -2.49. The number of hydrogen-bond acceptors (Lipinski definition) is 4. The average molecular weight is 328 g/mol. The van der Waals surface area contributed by atoms with Gasteiger partial charge >= 0.3 is 0 Å². The number of likely N-dealkylation sites (tertiary alicyclic amines) is 1. The van der Waals surface area contributed by atoms with E-state index in [1.54, 1.807) is 17.9 Å². The highest BCUT2D eigenvalue weighted by molar-refractivity contribution is 6.29. The number of hydrogen-bond donors (Lipinski definition) is 0. The minimum Gasteiger partial charge on any atom is -0.339 e. The molecule has 23 heavy (non-hydrogen) atoms. The Morgan fingerprint density at radius 3 is 2.83 bits per heavy atom. The van der Waals surface area contributed by atoms with Gasteiger partial charge in [0.2, 0.25) is 5.91 Å². The highest BCUT2D eigenvalue weighted by Gasteiger charge is 2.30. The molecule has 0 aromatic carbocycles. The number of amides is 1. The first kappa shape index (κ1) is 14.1. The van der Waals surface area contributed by atoms with Gasteiger partial charge in [0.05, 0.1) is 23.3 Å². The van der Waals surface area contributed by atoms with E-state index in [2.05, 4.69) is 15.1 Å². The fourth-order valence-electron chi connectivity index (χ4n) is 2.71. The Balaban J connectivity index is 1.60. The van der Waals surface area contributed by atoms with Crippen molar-refractivity contribution < 1.29 is 4.79 Å². The van der Waals surface area contributed by atoms with Crippen LogP contribution in [0, 0.1) is 0 Å². The molecule has 4 heterocycles. The largest absolute Gasteiger partial charge is 0.339 e. The number of halogens is 1. The Hall–Kier alpha value is -2.47. The molecule has 0 saturated carbocycles.